The molecule has 1 aliphatic carbocycles. The third kappa shape index (κ3) is 3.15. The van der Waals surface area contributed by atoms with Crippen molar-refractivity contribution < 1.29 is 9.59 Å². The van der Waals surface area contributed by atoms with Gasteiger partial charge in [0.05, 0.1) is 19.0 Å². The monoisotopic (exact) mass is 304 g/mol. The molecule has 0 aromatic carbocycles. The first kappa shape index (κ1) is 15.1. The molecule has 6 nitrogen and oxygen atoms in total. The number of carbonyl (C=O) groups is 2. The van der Waals surface area contributed by atoms with Crippen LogP contribution in [0.4, 0.5) is 0 Å². The fourth-order valence-corrected chi connectivity index (χ4v) is 3.56. The Hall–Kier alpha value is -1.85. The molecule has 120 valence electrons. The third-order valence-corrected chi connectivity index (χ3v) is 4.78. The zero-order valence-electron chi connectivity index (χ0n) is 13.1. The summed E-state index contributed by atoms with van der Waals surface area (Å²) in [5.41, 5.74) is 0. The zero-order chi connectivity index (χ0) is 15.5. The molecule has 1 saturated heterocycles. The summed E-state index contributed by atoms with van der Waals surface area (Å²) in [5.74, 6) is -0.00144. The van der Waals surface area contributed by atoms with Crippen molar-refractivity contribution in [3.63, 3.8) is 0 Å². The predicted molar refractivity (Wildman–Crippen MR) is 81.9 cm³/mol. The normalized spacial score (nSPS) is 21.4. The van der Waals surface area contributed by atoms with E-state index < -0.39 is 0 Å². The van der Waals surface area contributed by atoms with Crippen molar-refractivity contribution in [3.8, 4) is 0 Å². The van der Waals surface area contributed by atoms with E-state index in [4.69, 9.17) is 0 Å². The van der Waals surface area contributed by atoms with E-state index in [1.807, 2.05) is 24.1 Å². The number of nitrogens with zero attached hydrogens (tertiary/aromatic N) is 4. The zero-order valence-corrected chi connectivity index (χ0v) is 13.1. The number of hydrogen-bond acceptors (Lipinski definition) is 3. The minimum Gasteiger partial charge on any atom is -0.336 e. The molecular formula is C16H24N4O2. The number of rotatable bonds is 4. The van der Waals surface area contributed by atoms with Gasteiger partial charge in [0.25, 0.3) is 0 Å². The summed E-state index contributed by atoms with van der Waals surface area (Å²) < 4.78 is 1.76. The molecule has 0 bridgehead atoms. The summed E-state index contributed by atoms with van der Waals surface area (Å²) in [6.45, 7) is 4.04. The van der Waals surface area contributed by atoms with Crippen molar-refractivity contribution in [2.45, 2.75) is 45.2 Å². The second kappa shape index (κ2) is 6.50. The highest BCUT2D eigenvalue weighted by atomic mass is 16.2. The molecule has 2 heterocycles. The SMILES string of the molecule is CC(Cn1cccn1)C(=O)N1CCN(C2CCCC2)C(=O)C1. The average molecular weight is 304 g/mol. The standard InChI is InChI=1S/C16H24N4O2/c1-13(11-19-8-4-7-17-19)16(22)18-9-10-20(15(21)12-18)14-5-2-3-6-14/h4,7-8,13-14H,2-3,5-6,9-12H2,1H3. The summed E-state index contributed by atoms with van der Waals surface area (Å²) in [6.07, 6.45) is 8.24. The Bertz CT molecular complexity index is 522. The number of piperazine rings is 1. The van der Waals surface area contributed by atoms with Gasteiger partial charge >= 0.3 is 0 Å². The van der Waals surface area contributed by atoms with Crippen LogP contribution >= 0.6 is 0 Å². The summed E-state index contributed by atoms with van der Waals surface area (Å²) in [7, 11) is 0. The second-order valence-corrected chi connectivity index (χ2v) is 6.41. The minimum absolute atomic E-state index is 0.0509. The lowest BCUT2D eigenvalue weighted by Gasteiger charge is -2.38. The molecular weight excluding hydrogens is 280 g/mol. The largest absolute Gasteiger partial charge is 0.336 e. The fourth-order valence-electron chi connectivity index (χ4n) is 3.56. The van der Waals surface area contributed by atoms with Gasteiger partial charge in [0.15, 0.2) is 0 Å². The van der Waals surface area contributed by atoms with E-state index in [1.54, 1.807) is 15.8 Å². The van der Waals surface area contributed by atoms with Gasteiger partial charge in [-0.3, -0.25) is 14.3 Å². The van der Waals surface area contributed by atoms with Gasteiger partial charge in [-0.25, -0.2) is 0 Å². The van der Waals surface area contributed by atoms with Crippen LogP contribution in [0.2, 0.25) is 0 Å². The maximum Gasteiger partial charge on any atom is 0.242 e. The summed E-state index contributed by atoms with van der Waals surface area (Å²) in [6, 6.07) is 2.26. The first-order chi connectivity index (χ1) is 10.6. The van der Waals surface area contributed by atoms with E-state index in [1.165, 1.54) is 12.8 Å². The molecule has 6 heteroatoms. The van der Waals surface area contributed by atoms with Crippen molar-refractivity contribution in [3.05, 3.63) is 18.5 Å². The molecule has 1 aromatic rings. The first-order valence-electron chi connectivity index (χ1n) is 8.21. The van der Waals surface area contributed by atoms with Crippen molar-refractivity contribution in [1.29, 1.82) is 0 Å². The smallest absolute Gasteiger partial charge is 0.242 e. The van der Waals surface area contributed by atoms with Gasteiger partial charge in [-0.2, -0.15) is 5.10 Å². The van der Waals surface area contributed by atoms with E-state index in [0.29, 0.717) is 25.7 Å². The van der Waals surface area contributed by atoms with E-state index in [2.05, 4.69) is 5.10 Å². The van der Waals surface area contributed by atoms with Gasteiger partial charge in [-0.15, -0.1) is 0 Å². The maximum absolute atomic E-state index is 12.5. The van der Waals surface area contributed by atoms with Crippen LogP contribution < -0.4 is 0 Å². The van der Waals surface area contributed by atoms with Gasteiger partial charge < -0.3 is 9.80 Å². The lowest BCUT2D eigenvalue weighted by molar-refractivity contribution is -0.149. The number of aromatic nitrogens is 2. The van der Waals surface area contributed by atoms with Crippen LogP contribution in [-0.4, -0.2) is 57.1 Å². The number of carbonyl (C=O) groups excluding carboxylic acids is 2. The molecule has 1 unspecified atom stereocenters. The topological polar surface area (TPSA) is 58.4 Å². The van der Waals surface area contributed by atoms with Crippen LogP contribution in [0.5, 0.6) is 0 Å². The Morgan fingerprint density at radius 1 is 1.36 bits per heavy atom. The van der Waals surface area contributed by atoms with Crippen molar-refractivity contribution >= 4 is 11.8 Å². The van der Waals surface area contributed by atoms with Crippen molar-refractivity contribution in [2.75, 3.05) is 19.6 Å². The molecule has 1 aliphatic heterocycles. The van der Waals surface area contributed by atoms with Crippen LogP contribution in [-0.2, 0) is 16.1 Å². The lowest BCUT2D eigenvalue weighted by atomic mass is 10.1. The third-order valence-electron chi connectivity index (χ3n) is 4.78. The minimum atomic E-state index is -0.161. The molecule has 1 atom stereocenters. The van der Waals surface area contributed by atoms with Gasteiger partial charge in [0, 0.05) is 31.5 Å². The highest BCUT2D eigenvalue weighted by molar-refractivity contribution is 5.87. The highest BCUT2D eigenvalue weighted by Crippen LogP contribution is 2.25. The van der Waals surface area contributed by atoms with E-state index in [-0.39, 0.29) is 24.3 Å². The molecule has 1 saturated carbocycles. The average Bonchev–Trinajstić information content (AvgIpc) is 3.19. The highest BCUT2D eigenvalue weighted by Gasteiger charge is 2.34. The Kier molecular flexibility index (Phi) is 4.45. The summed E-state index contributed by atoms with van der Waals surface area (Å²) in [5, 5.41) is 4.13. The summed E-state index contributed by atoms with van der Waals surface area (Å²) in [4.78, 5) is 28.6. The molecule has 2 amide bonds. The Labute approximate surface area is 131 Å². The fraction of sp³-hybridized carbons (Fsp3) is 0.688. The van der Waals surface area contributed by atoms with Crippen LogP contribution in [0.15, 0.2) is 18.5 Å². The molecule has 1 aromatic heterocycles. The number of amides is 2. The Morgan fingerprint density at radius 2 is 2.14 bits per heavy atom. The molecule has 2 aliphatic rings. The van der Waals surface area contributed by atoms with Gasteiger partial charge in [-0.05, 0) is 18.9 Å². The molecule has 0 N–H and O–H groups in total. The molecule has 3 rings (SSSR count). The van der Waals surface area contributed by atoms with Crippen LogP contribution in [0.1, 0.15) is 32.6 Å². The van der Waals surface area contributed by atoms with Gasteiger partial charge in [0.2, 0.25) is 11.8 Å². The number of hydrogen-bond donors (Lipinski definition) is 0. The van der Waals surface area contributed by atoms with E-state index >= 15 is 0 Å². The van der Waals surface area contributed by atoms with Crippen LogP contribution in [0.3, 0.4) is 0 Å². The first-order valence-corrected chi connectivity index (χ1v) is 8.21. The quantitative estimate of drug-likeness (QED) is 0.838. The van der Waals surface area contributed by atoms with Crippen molar-refractivity contribution in [1.82, 2.24) is 19.6 Å². The van der Waals surface area contributed by atoms with Gasteiger partial charge in [-0.1, -0.05) is 19.8 Å². The van der Waals surface area contributed by atoms with Crippen LogP contribution in [0, 0.1) is 5.92 Å². The Balaban J connectivity index is 1.55. The predicted octanol–water partition coefficient (Wildman–Crippen LogP) is 1.13. The van der Waals surface area contributed by atoms with E-state index in [9.17, 15) is 9.59 Å². The molecule has 0 radical (unpaired) electrons. The summed E-state index contributed by atoms with van der Waals surface area (Å²) >= 11 is 0. The van der Waals surface area contributed by atoms with E-state index in [0.717, 1.165) is 12.8 Å². The maximum atomic E-state index is 12.5. The Morgan fingerprint density at radius 3 is 2.77 bits per heavy atom. The van der Waals surface area contributed by atoms with Gasteiger partial charge in [0.1, 0.15) is 0 Å². The lowest BCUT2D eigenvalue weighted by Crippen LogP contribution is -2.55. The second-order valence-electron chi connectivity index (χ2n) is 6.41. The van der Waals surface area contributed by atoms with Crippen molar-refractivity contribution in [2.24, 2.45) is 5.92 Å². The van der Waals surface area contributed by atoms with Crippen LogP contribution in [0.25, 0.3) is 0 Å². The molecule has 2 fully saturated rings. The molecule has 22 heavy (non-hydrogen) atoms. The molecule has 0 spiro atoms.